The first-order valence-corrected chi connectivity index (χ1v) is 5.00. The Morgan fingerprint density at radius 2 is 1.86 bits per heavy atom. The Morgan fingerprint density at radius 3 is 2.21 bits per heavy atom. The molecule has 0 heterocycles. The molecule has 0 radical (unpaired) electrons. The molecule has 0 saturated carbocycles. The quantitative estimate of drug-likeness (QED) is 0.312. The average Bonchev–Trinajstić information content (AvgIpc) is 2.10. The fourth-order valence-electron chi connectivity index (χ4n) is 0.548. The third-order valence-corrected chi connectivity index (χ3v) is 1.72. The van der Waals surface area contributed by atoms with Gasteiger partial charge in [0.15, 0.2) is 5.78 Å². The van der Waals surface area contributed by atoms with E-state index in [-0.39, 0.29) is 0 Å². The van der Waals surface area contributed by atoms with Gasteiger partial charge in [0, 0.05) is 0 Å². The Balaban J connectivity index is 4.03. The number of phosphoric acid groups is 1. The van der Waals surface area contributed by atoms with E-state index in [1.165, 1.54) is 0 Å². The molecule has 0 fully saturated rings. The monoisotopic (exact) mass is 230 g/mol. The molecule has 0 aromatic rings. The Labute approximate surface area is 79.0 Å². The summed E-state index contributed by atoms with van der Waals surface area (Å²) in [7, 11) is -4.77. The fourth-order valence-corrected chi connectivity index (χ4v) is 0.843. The second kappa shape index (κ2) is 5.52. The van der Waals surface area contributed by atoms with Crippen molar-refractivity contribution >= 4 is 13.6 Å². The van der Waals surface area contributed by atoms with Crippen molar-refractivity contribution in [3.05, 3.63) is 0 Å². The minimum atomic E-state index is -4.77. The summed E-state index contributed by atoms with van der Waals surface area (Å²) in [6, 6.07) is 0. The number of Topliss-reactive ketones (excluding diaryl/α,β-unsaturated/α-hetero) is 1. The van der Waals surface area contributed by atoms with E-state index in [1.807, 2.05) is 0 Å². The lowest BCUT2D eigenvalue weighted by Crippen LogP contribution is -2.38. The molecule has 9 heteroatoms. The molecular weight excluding hydrogens is 219 g/mol. The van der Waals surface area contributed by atoms with Crippen LogP contribution in [0, 0.1) is 0 Å². The maximum absolute atomic E-state index is 10.8. The van der Waals surface area contributed by atoms with Gasteiger partial charge in [-0.3, -0.25) is 9.32 Å². The second-order valence-electron chi connectivity index (χ2n) is 2.43. The largest absolute Gasteiger partial charge is 0.470 e. The van der Waals surface area contributed by atoms with Crippen LogP contribution in [0.4, 0.5) is 0 Å². The molecule has 0 aromatic heterocycles. The molecule has 0 amide bonds. The van der Waals surface area contributed by atoms with Crippen LogP contribution in [0.3, 0.4) is 0 Å². The van der Waals surface area contributed by atoms with Crippen LogP contribution in [0.5, 0.6) is 0 Å². The van der Waals surface area contributed by atoms with E-state index < -0.39 is 39.0 Å². The molecular formula is C5H11O8P. The molecule has 5 N–H and O–H groups in total. The van der Waals surface area contributed by atoms with Gasteiger partial charge >= 0.3 is 7.82 Å². The van der Waals surface area contributed by atoms with Crippen molar-refractivity contribution in [1.29, 1.82) is 0 Å². The van der Waals surface area contributed by atoms with Crippen molar-refractivity contribution in [3.8, 4) is 0 Å². The number of hydrogen-bond donors (Lipinski definition) is 5. The summed E-state index contributed by atoms with van der Waals surface area (Å²) in [5, 5.41) is 26.0. The van der Waals surface area contributed by atoms with Crippen molar-refractivity contribution < 1.29 is 39.0 Å². The predicted octanol–water partition coefficient (Wildman–Crippen LogP) is -2.62. The van der Waals surface area contributed by atoms with Crippen LogP contribution in [0.15, 0.2) is 0 Å². The lowest BCUT2D eigenvalue weighted by Gasteiger charge is -2.14. The first-order valence-electron chi connectivity index (χ1n) is 3.47. The van der Waals surface area contributed by atoms with E-state index >= 15 is 0 Å². The van der Waals surface area contributed by atoms with Crippen molar-refractivity contribution in [2.24, 2.45) is 0 Å². The SMILES string of the molecule is O=C(COP(=O)(O)O)C(O)C(O)CO. The summed E-state index contributed by atoms with van der Waals surface area (Å²) in [5.74, 6) is -1.13. The fraction of sp³-hybridized carbons (Fsp3) is 0.800. The highest BCUT2D eigenvalue weighted by molar-refractivity contribution is 7.46. The normalized spacial score (nSPS) is 16.4. The Morgan fingerprint density at radius 1 is 1.36 bits per heavy atom. The molecule has 84 valence electrons. The van der Waals surface area contributed by atoms with E-state index in [1.54, 1.807) is 0 Å². The summed E-state index contributed by atoms with van der Waals surface area (Å²) in [5.41, 5.74) is 0. The van der Waals surface area contributed by atoms with Crippen LogP contribution in [-0.4, -0.2) is 56.3 Å². The van der Waals surface area contributed by atoms with Crippen LogP contribution in [0.2, 0.25) is 0 Å². The smallest absolute Gasteiger partial charge is 0.394 e. The topological polar surface area (TPSA) is 145 Å². The summed E-state index contributed by atoms with van der Waals surface area (Å²) in [6.07, 6.45) is -3.62. The summed E-state index contributed by atoms with van der Waals surface area (Å²) in [6.45, 7) is -1.88. The van der Waals surface area contributed by atoms with Crippen LogP contribution >= 0.6 is 7.82 Å². The molecule has 14 heavy (non-hydrogen) atoms. The molecule has 0 aromatic carbocycles. The molecule has 0 rings (SSSR count). The van der Waals surface area contributed by atoms with Crippen molar-refractivity contribution in [1.82, 2.24) is 0 Å². The zero-order valence-electron chi connectivity index (χ0n) is 6.98. The van der Waals surface area contributed by atoms with Crippen molar-refractivity contribution in [3.63, 3.8) is 0 Å². The van der Waals surface area contributed by atoms with Gasteiger partial charge in [0.2, 0.25) is 0 Å². The number of aliphatic hydroxyl groups is 3. The van der Waals surface area contributed by atoms with E-state index in [2.05, 4.69) is 4.52 Å². The van der Waals surface area contributed by atoms with Gasteiger partial charge in [0.25, 0.3) is 0 Å². The zero-order chi connectivity index (χ0) is 11.4. The van der Waals surface area contributed by atoms with E-state index in [0.29, 0.717) is 0 Å². The first-order chi connectivity index (χ1) is 6.28. The van der Waals surface area contributed by atoms with Crippen molar-refractivity contribution in [2.75, 3.05) is 13.2 Å². The minimum absolute atomic E-state index is 0.844. The second-order valence-corrected chi connectivity index (χ2v) is 3.66. The number of carbonyl (C=O) groups excluding carboxylic acids is 1. The van der Waals surface area contributed by atoms with E-state index in [9.17, 15) is 9.36 Å². The zero-order valence-corrected chi connectivity index (χ0v) is 7.87. The van der Waals surface area contributed by atoms with Crippen LogP contribution in [0.25, 0.3) is 0 Å². The van der Waals surface area contributed by atoms with Gasteiger partial charge in [0.1, 0.15) is 18.8 Å². The van der Waals surface area contributed by atoms with E-state index in [0.717, 1.165) is 0 Å². The lowest BCUT2D eigenvalue weighted by atomic mass is 10.1. The Kier molecular flexibility index (Phi) is 5.38. The Hall–Kier alpha value is -0.340. The highest BCUT2D eigenvalue weighted by Crippen LogP contribution is 2.35. The molecule has 0 aliphatic carbocycles. The first kappa shape index (κ1) is 13.7. The standard InChI is InChI=1S/C5H11O8P/c6-1-3(7)5(9)4(8)2-13-14(10,11)12/h3,5-7,9H,1-2H2,(H2,10,11,12). The predicted molar refractivity (Wildman–Crippen MR) is 42.1 cm³/mol. The number of phosphoric ester groups is 1. The number of hydrogen-bond acceptors (Lipinski definition) is 6. The number of rotatable bonds is 6. The highest BCUT2D eigenvalue weighted by atomic mass is 31.2. The van der Waals surface area contributed by atoms with Crippen LogP contribution in [0.1, 0.15) is 0 Å². The number of ketones is 1. The van der Waals surface area contributed by atoms with Gasteiger partial charge in [-0.25, -0.2) is 4.57 Å². The molecule has 0 bridgehead atoms. The van der Waals surface area contributed by atoms with Crippen LogP contribution in [-0.2, 0) is 13.9 Å². The molecule has 8 nitrogen and oxygen atoms in total. The maximum atomic E-state index is 10.8. The van der Waals surface area contributed by atoms with Gasteiger partial charge in [-0.2, -0.15) is 0 Å². The minimum Gasteiger partial charge on any atom is -0.394 e. The number of aliphatic hydroxyl groups excluding tert-OH is 3. The molecule has 0 spiro atoms. The molecule has 0 aliphatic heterocycles. The third-order valence-electron chi connectivity index (χ3n) is 1.26. The average molecular weight is 230 g/mol. The van der Waals surface area contributed by atoms with E-state index in [4.69, 9.17) is 25.1 Å². The van der Waals surface area contributed by atoms with Gasteiger partial charge in [-0.15, -0.1) is 0 Å². The molecule has 0 saturated heterocycles. The molecule has 2 atom stereocenters. The summed E-state index contributed by atoms with van der Waals surface area (Å²) in [4.78, 5) is 27.2. The Bertz CT molecular complexity index is 234. The van der Waals surface area contributed by atoms with Gasteiger partial charge in [0.05, 0.1) is 6.61 Å². The van der Waals surface area contributed by atoms with Gasteiger partial charge in [-0.05, 0) is 0 Å². The summed E-state index contributed by atoms with van der Waals surface area (Å²) < 4.78 is 13.9. The molecule has 0 aliphatic rings. The highest BCUT2D eigenvalue weighted by Gasteiger charge is 2.26. The lowest BCUT2D eigenvalue weighted by molar-refractivity contribution is -0.137. The van der Waals surface area contributed by atoms with Crippen molar-refractivity contribution in [2.45, 2.75) is 12.2 Å². The van der Waals surface area contributed by atoms with Crippen LogP contribution < -0.4 is 0 Å². The molecule has 2 unspecified atom stereocenters. The third kappa shape index (κ3) is 5.40. The van der Waals surface area contributed by atoms with Gasteiger partial charge < -0.3 is 25.1 Å². The summed E-state index contributed by atoms with van der Waals surface area (Å²) >= 11 is 0. The van der Waals surface area contributed by atoms with Gasteiger partial charge in [-0.1, -0.05) is 0 Å². The number of carbonyl (C=O) groups is 1. The maximum Gasteiger partial charge on any atom is 0.470 e.